The summed E-state index contributed by atoms with van der Waals surface area (Å²) in [6, 6.07) is 10.5. The fourth-order valence-electron chi connectivity index (χ4n) is 3.55. The molecule has 1 fully saturated rings. The first kappa shape index (κ1) is 16.9. The minimum absolute atomic E-state index is 0.0204. The molecule has 0 radical (unpaired) electrons. The van der Waals surface area contributed by atoms with Gasteiger partial charge in [-0.3, -0.25) is 4.98 Å². The molecule has 0 spiro atoms. The van der Waals surface area contributed by atoms with Gasteiger partial charge in [-0.05, 0) is 69.4 Å². The largest absolute Gasteiger partial charge is 0.341 e. The summed E-state index contributed by atoms with van der Waals surface area (Å²) in [5, 5.41) is 0. The van der Waals surface area contributed by atoms with Crippen LogP contribution in [-0.4, -0.2) is 40.0 Å². The zero-order chi connectivity index (χ0) is 18.1. The van der Waals surface area contributed by atoms with E-state index in [2.05, 4.69) is 28.8 Å². The second-order valence-corrected chi connectivity index (χ2v) is 7.42. The number of H-pyrrole nitrogens is 1. The minimum Gasteiger partial charge on any atom is -0.341 e. The molecule has 0 amide bonds. The number of hydrogen-bond donors (Lipinski definition) is 1. The Balaban J connectivity index is 1.81. The lowest BCUT2D eigenvalue weighted by atomic mass is 9.80. The van der Waals surface area contributed by atoms with Gasteiger partial charge in [0.25, 0.3) is 0 Å². The third-order valence-electron chi connectivity index (χ3n) is 5.45. The smallest absolute Gasteiger partial charge is 0.123 e. The Hall–Kier alpha value is -2.53. The summed E-state index contributed by atoms with van der Waals surface area (Å²) in [6.45, 7) is 4.41. The van der Waals surface area contributed by atoms with Crippen molar-refractivity contribution in [3.05, 3.63) is 60.4 Å². The van der Waals surface area contributed by atoms with Gasteiger partial charge >= 0.3 is 0 Å². The Bertz CT molecular complexity index is 878. The van der Waals surface area contributed by atoms with Gasteiger partial charge in [0.15, 0.2) is 0 Å². The van der Waals surface area contributed by atoms with Gasteiger partial charge in [-0.1, -0.05) is 6.92 Å². The van der Waals surface area contributed by atoms with Crippen molar-refractivity contribution in [3.63, 3.8) is 0 Å². The van der Waals surface area contributed by atoms with Crippen LogP contribution >= 0.6 is 0 Å². The summed E-state index contributed by atoms with van der Waals surface area (Å²) in [6.07, 6.45) is 5.69. The number of rotatable bonds is 3. The van der Waals surface area contributed by atoms with Crippen LogP contribution in [0.25, 0.3) is 22.5 Å². The number of imidazole rings is 1. The van der Waals surface area contributed by atoms with E-state index in [1.165, 1.54) is 12.1 Å². The molecule has 0 bridgehead atoms. The third kappa shape index (κ3) is 3.15. The van der Waals surface area contributed by atoms with E-state index in [1.54, 1.807) is 24.5 Å². The molecule has 0 saturated carbocycles. The summed E-state index contributed by atoms with van der Waals surface area (Å²) in [5.74, 6) is 0.772. The number of halogens is 1. The molecule has 3 aromatic rings. The Labute approximate surface area is 153 Å². The molecule has 1 aliphatic rings. The molecular formula is C21H23FN4. The fourth-order valence-corrected chi connectivity index (χ4v) is 3.55. The highest BCUT2D eigenvalue weighted by molar-refractivity contribution is 5.78. The normalized spacial score (nSPS) is 17.3. The molecule has 1 N–H and O–H groups in total. The van der Waals surface area contributed by atoms with Crippen molar-refractivity contribution in [2.45, 2.75) is 25.2 Å². The second-order valence-electron chi connectivity index (χ2n) is 7.42. The predicted molar refractivity (Wildman–Crippen MR) is 101 cm³/mol. The molecule has 1 aromatic carbocycles. The molecule has 3 heterocycles. The molecule has 4 rings (SSSR count). The highest BCUT2D eigenvalue weighted by Crippen LogP contribution is 2.38. The van der Waals surface area contributed by atoms with Crippen LogP contribution in [0.1, 0.15) is 25.6 Å². The van der Waals surface area contributed by atoms with Crippen molar-refractivity contribution in [1.29, 1.82) is 0 Å². The Kier molecular flexibility index (Phi) is 4.32. The van der Waals surface area contributed by atoms with Crippen LogP contribution in [0.15, 0.2) is 48.8 Å². The number of hydrogen-bond acceptors (Lipinski definition) is 3. The Morgan fingerprint density at radius 1 is 1.00 bits per heavy atom. The third-order valence-corrected chi connectivity index (χ3v) is 5.45. The van der Waals surface area contributed by atoms with E-state index in [0.717, 1.165) is 54.3 Å². The van der Waals surface area contributed by atoms with E-state index in [4.69, 9.17) is 4.98 Å². The Morgan fingerprint density at radius 2 is 1.65 bits per heavy atom. The first-order valence-corrected chi connectivity index (χ1v) is 9.00. The first-order valence-electron chi connectivity index (χ1n) is 9.00. The molecule has 1 saturated heterocycles. The van der Waals surface area contributed by atoms with Crippen molar-refractivity contribution in [3.8, 4) is 22.5 Å². The van der Waals surface area contributed by atoms with Crippen molar-refractivity contribution in [1.82, 2.24) is 19.9 Å². The standard InChI is InChI=1S/C21H23FN4/c1-21(9-13-26(2)14-10-21)20-24-18(15-3-5-17(22)6-4-15)19(25-20)16-7-11-23-12-8-16/h3-8,11-12H,9-10,13-14H2,1-2H3,(H,24,25). The van der Waals surface area contributed by atoms with E-state index >= 15 is 0 Å². The number of piperidine rings is 1. The lowest BCUT2D eigenvalue weighted by molar-refractivity contribution is 0.194. The summed E-state index contributed by atoms with van der Waals surface area (Å²) in [7, 11) is 2.16. The van der Waals surface area contributed by atoms with E-state index in [9.17, 15) is 4.39 Å². The second kappa shape index (κ2) is 6.65. The molecule has 134 valence electrons. The van der Waals surface area contributed by atoms with Gasteiger partial charge in [0.2, 0.25) is 0 Å². The fraction of sp³-hybridized carbons (Fsp3) is 0.333. The summed E-state index contributed by atoms with van der Waals surface area (Å²) in [4.78, 5) is 15.0. The van der Waals surface area contributed by atoms with E-state index in [0.29, 0.717) is 0 Å². The van der Waals surface area contributed by atoms with Gasteiger partial charge in [0.05, 0.1) is 11.4 Å². The highest BCUT2D eigenvalue weighted by Gasteiger charge is 2.34. The van der Waals surface area contributed by atoms with Crippen LogP contribution in [0.3, 0.4) is 0 Å². The van der Waals surface area contributed by atoms with Crippen LogP contribution < -0.4 is 0 Å². The molecule has 0 atom stereocenters. The molecule has 4 nitrogen and oxygen atoms in total. The lowest BCUT2D eigenvalue weighted by Gasteiger charge is -2.36. The zero-order valence-corrected chi connectivity index (χ0v) is 15.2. The average molecular weight is 350 g/mol. The molecular weight excluding hydrogens is 327 g/mol. The van der Waals surface area contributed by atoms with Gasteiger partial charge in [-0.15, -0.1) is 0 Å². The van der Waals surface area contributed by atoms with E-state index in [1.807, 2.05) is 12.1 Å². The van der Waals surface area contributed by atoms with Crippen molar-refractivity contribution in [2.75, 3.05) is 20.1 Å². The average Bonchev–Trinajstić information content (AvgIpc) is 3.12. The van der Waals surface area contributed by atoms with Crippen LogP contribution in [-0.2, 0) is 5.41 Å². The number of pyridine rings is 1. The van der Waals surface area contributed by atoms with Crippen LogP contribution in [0.4, 0.5) is 4.39 Å². The number of aromatic nitrogens is 3. The van der Waals surface area contributed by atoms with Crippen molar-refractivity contribution < 1.29 is 4.39 Å². The quantitative estimate of drug-likeness (QED) is 0.767. The number of likely N-dealkylation sites (tertiary alicyclic amines) is 1. The number of aromatic amines is 1. The zero-order valence-electron chi connectivity index (χ0n) is 15.2. The predicted octanol–water partition coefficient (Wildman–Crippen LogP) is 4.26. The SMILES string of the molecule is CN1CCC(C)(c2nc(-c3ccc(F)cc3)c(-c3ccncc3)[nH]2)CC1. The van der Waals surface area contributed by atoms with Gasteiger partial charge in [-0.25, -0.2) is 9.37 Å². The summed E-state index contributed by atoms with van der Waals surface area (Å²) < 4.78 is 13.4. The molecule has 5 heteroatoms. The van der Waals surface area contributed by atoms with Gasteiger partial charge in [-0.2, -0.15) is 0 Å². The van der Waals surface area contributed by atoms with Gasteiger partial charge in [0, 0.05) is 28.9 Å². The van der Waals surface area contributed by atoms with E-state index < -0.39 is 0 Å². The maximum absolute atomic E-state index is 13.4. The topological polar surface area (TPSA) is 44.8 Å². The lowest BCUT2D eigenvalue weighted by Crippen LogP contribution is -2.39. The number of nitrogens with one attached hydrogen (secondary N) is 1. The van der Waals surface area contributed by atoms with Gasteiger partial charge in [0.1, 0.15) is 11.6 Å². The summed E-state index contributed by atoms with van der Waals surface area (Å²) in [5.41, 5.74) is 3.80. The molecule has 2 aromatic heterocycles. The number of nitrogens with zero attached hydrogens (tertiary/aromatic N) is 3. The molecule has 1 aliphatic heterocycles. The monoisotopic (exact) mass is 350 g/mol. The minimum atomic E-state index is -0.239. The molecule has 0 aliphatic carbocycles. The molecule has 26 heavy (non-hydrogen) atoms. The van der Waals surface area contributed by atoms with E-state index in [-0.39, 0.29) is 11.2 Å². The maximum atomic E-state index is 13.4. The van der Waals surface area contributed by atoms with Crippen LogP contribution in [0.2, 0.25) is 0 Å². The van der Waals surface area contributed by atoms with Crippen molar-refractivity contribution >= 4 is 0 Å². The van der Waals surface area contributed by atoms with Gasteiger partial charge < -0.3 is 9.88 Å². The first-order chi connectivity index (χ1) is 12.5. The van der Waals surface area contributed by atoms with Crippen LogP contribution in [0.5, 0.6) is 0 Å². The maximum Gasteiger partial charge on any atom is 0.123 e. The summed E-state index contributed by atoms with van der Waals surface area (Å²) >= 11 is 0. The highest BCUT2D eigenvalue weighted by atomic mass is 19.1. The molecule has 0 unspecified atom stereocenters. The number of benzene rings is 1. The van der Waals surface area contributed by atoms with Crippen LogP contribution in [0, 0.1) is 5.82 Å². The van der Waals surface area contributed by atoms with Crippen molar-refractivity contribution in [2.24, 2.45) is 0 Å². The Morgan fingerprint density at radius 3 is 2.31 bits per heavy atom.